The summed E-state index contributed by atoms with van der Waals surface area (Å²) in [7, 11) is 0. The van der Waals surface area contributed by atoms with Crippen molar-refractivity contribution in [1.82, 2.24) is 15.2 Å². The molecule has 1 aromatic heterocycles. The van der Waals surface area contributed by atoms with Crippen molar-refractivity contribution in [3.05, 3.63) is 35.3 Å². The summed E-state index contributed by atoms with van der Waals surface area (Å²) in [6, 6.07) is 8.12. The Morgan fingerprint density at radius 2 is 2.07 bits per heavy atom. The summed E-state index contributed by atoms with van der Waals surface area (Å²) in [5, 5.41) is 5.86. The van der Waals surface area contributed by atoms with Gasteiger partial charge < -0.3 is 15.0 Å². The highest BCUT2D eigenvalue weighted by atomic mass is 32.1. The van der Waals surface area contributed by atoms with Gasteiger partial charge in [-0.2, -0.15) is 0 Å². The van der Waals surface area contributed by atoms with Gasteiger partial charge in [-0.05, 0) is 63.3 Å². The fourth-order valence-electron chi connectivity index (χ4n) is 3.50. The molecule has 0 spiro atoms. The number of rotatable bonds is 7. The first-order valence-corrected chi connectivity index (χ1v) is 10.7. The van der Waals surface area contributed by atoms with Crippen LogP contribution < -0.4 is 10.1 Å². The number of carbonyl (C=O) groups excluding carboxylic acids is 1. The fraction of sp³-hybridized carbons (Fsp3) is 0.524. The summed E-state index contributed by atoms with van der Waals surface area (Å²) in [4.78, 5) is 19.6. The fourth-order valence-corrected chi connectivity index (χ4v) is 4.31. The van der Waals surface area contributed by atoms with Crippen LogP contribution in [0.5, 0.6) is 5.75 Å². The Morgan fingerprint density at radius 3 is 2.78 bits per heavy atom. The van der Waals surface area contributed by atoms with Crippen LogP contribution >= 0.6 is 11.3 Å². The zero-order valence-corrected chi connectivity index (χ0v) is 16.8. The number of benzene rings is 1. The third-order valence-electron chi connectivity index (χ3n) is 5.03. The molecule has 1 saturated carbocycles. The Labute approximate surface area is 164 Å². The summed E-state index contributed by atoms with van der Waals surface area (Å²) >= 11 is 1.50. The van der Waals surface area contributed by atoms with Crippen molar-refractivity contribution in [1.29, 1.82) is 0 Å². The lowest BCUT2D eigenvalue weighted by Crippen LogP contribution is -2.37. The smallest absolute Gasteiger partial charge is 0.271 e. The summed E-state index contributed by atoms with van der Waals surface area (Å²) in [6.45, 7) is 7.28. The van der Waals surface area contributed by atoms with Gasteiger partial charge in [-0.15, -0.1) is 11.3 Å². The molecule has 0 radical (unpaired) electrons. The zero-order chi connectivity index (χ0) is 18.8. The molecule has 1 aromatic carbocycles. The summed E-state index contributed by atoms with van der Waals surface area (Å²) in [5.41, 5.74) is 1.52. The van der Waals surface area contributed by atoms with Crippen LogP contribution in [0.15, 0.2) is 29.6 Å². The second-order valence-corrected chi connectivity index (χ2v) is 8.75. The SMILES string of the molecule is CC(C)Oc1ccc(-c2nc(C(=O)NC3CCN(CC4CC4)C3)cs2)cc1. The van der Waals surface area contributed by atoms with E-state index < -0.39 is 0 Å². The van der Waals surface area contributed by atoms with Crippen LogP contribution in [0, 0.1) is 5.92 Å². The van der Waals surface area contributed by atoms with Crippen molar-refractivity contribution in [3.63, 3.8) is 0 Å². The zero-order valence-electron chi connectivity index (χ0n) is 16.0. The van der Waals surface area contributed by atoms with E-state index in [0.717, 1.165) is 41.7 Å². The monoisotopic (exact) mass is 385 g/mol. The van der Waals surface area contributed by atoms with Gasteiger partial charge in [0.2, 0.25) is 0 Å². The second kappa shape index (κ2) is 7.98. The summed E-state index contributed by atoms with van der Waals surface area (Å²) in [6.07, 6.45) is 3.94. The van der Waals surface area contributed by atoms with Gasteiger partial charge in [0.05, 0.1) is 6.10 Å². The Morgan fingerprint density at radius 1 is 1.30 bits per heavy atom. The summed E-state index contributed by atoms with van der Waals surface area (Å²) < 4.78 is 5.67. The van der Waals surface area contributed by atoms with Crippen molar-refractivity contribution in [2.45, 2.75) is 45.3 Å². The Hall–Kier alpha value is -1.92. The number of aromatic nitrogens is 1. The van der Waals surface area contributed by atoms with E-state index in [2.05, 4.69) is 15.2 Å². The van der Waals surface area contributed by atoms with Crippen molar-refractivity contribution in [2.24, 2.45) is 5.92 Å². The second-order valence-electron chi connectivity index (χ2n) is 7.89. The molecule has 1 atom stereocenters. The molecular formula is C21H27N3O2S. The number of carbonyl (C=O) groups is 1. The normalized spacial score (nSPS) is 20.2. The molecule has 2 heterocycles. The Bertz CT molecular complexity index is 783. The molecule has 6 heteroatoms. The quantitative estimate of drug-likeness (QED) is 0.787. The van der Waals surface area contributed by atoms with Crippen LogP contribution in [0.3, 0.4) is 0 Å². The molecule has 1 saturated heterocycles. The minimum atomic E-state index is -0.0597. The molecule has 1 N–H and O–H groups in total. The maximum absolute atomic E-state index is 12.6. The van der Waals surface area contributed by atoms with Gasteiger partial charge in [-0.25, -0.2) is 4.98 Å². The molecule has 1 unspecified atom stereocenters. The highest BCUT2D eigenvalue weighted by molar-refractivity contribution is 7.13. The van der Waals surface area contributed by atoms with Crippen LogP contribution in [0.1, 0.15) is 43.6 Å². The molecule has 27 heavy (non-hydrogen) atoms. The molecule has 144 valence electrons. The van der Waals surface area contributed by atoms with E-state index in [1.54, 1.807) is 0 Å². The van der Waals surface area contributed by atoms with E-state index in [0.29, 0.717) is 5.69 Å². The van der Waals surface area contributed by atoms with Gasteiger partial charge in [-0.1, -0.05) is 0 Å². The first kappa shape index (κ1) is 18.4. The van der Waals surface area contributed by atoms with Gasteiger partial charge in [0, 0.05) is 36.6 Å². The number of thiazole rings is 1. The number of hydrogen-bond donors (Lipinski definition) is 1. The molecule has 2 fully saturated rings. The van der Waals surface area contributed by atoms with E-state index >= 15 is 0 Å². The number of hydrogen-bond acceptors (Lipinski definition) is 5. The molecule has 1 aliphatic heterocycles. The van der Waals surface area contributed by atoms with E-state index in [-0.39, 0.29) is 18.1 Å². The predicted molar refractivity (Wildman–Crippen MR) is 108 cm³/mol. The Balaban J connectivity index is 1.33. The molecule has 1 aliphatic carbocycles. The van der Waals surface area contributed by atoms with E-state index in [9.17, 15) is 4.79 Å². The molecule has 2 aromatic rings. The average Bonchev–Trinajstić information content (AvgIpc) is 3.13. The van der Waals surface area contributed by atoms with Crippen LogP contribution in [-0.2, 0) is 0 Å². The summed E-state index contributed by atoms with van der Waals surface area (Å²) in [5.74, 6) is 1.69. The van der Waals surface area contributed by atoms with Gasteiger partial charge in [0.15, 0.2) is 0 Å². The van der Waals surface area contributed by atoms with E-state index in [4.69, 9.17) is 4.74 Å². The van der Waals surface area contributed by atoms with E-state index in [1.807, 2.05) is 43.5 Å². The van der Waals surface area contributed by atoms with Crippen LogP contribution in [0.25, 0.3) is 10.6 Å². The van der Waals surface area contributed by atoms with Gasteiger partial charge in [0.1, 0.15) is 16.5 Å². The van der Waals surface area contributed by atoms with Crippen molar-refractivity contribution in [2.75, 3.05) is 19.6 Å². The highest BCUT2D eigenvalue weighted by Crippen LogP contribution is 2.31. The van der Waals surface area contributed by atoms with Gasteiger partial charge in [-0.3, -0.25) is 4.79 Å². The largest absolute Gasteiger partial charge is 0.491 e. The first-order chi connectivity index (χ1) is 13.1. The number of ether oxygens (including phenoxy) is 1. The number of likely N-dealkylation sites (tertiary alicyclic amines) is 1. The third kappa shape index (κ3) is 4.87. The van der Waals surface area contributed by atoms with Gasteiger partial charge in [0.25, 0.3) is 5.91 Å². The molecule has 0 bridgehead atoms. The minimum absolute atomic E-state index is 0.0597. The van der Waals surface area contributed by atoms with E-state index in [1.165, 1.54) is 30.7 Å². The first-order valence-electron chi connectivity index (χ1n) is 9.82. The van der Waals surface area contributed by atoms with Crippen molar-refractivity contribution < 1.29 is 9.53 Å². The van der Waals surface area contributed by atoms with Crippen LogP contribution in [0.4, 0.5) is 0 Å². The Kier molecular flexibility index (Phi) is 5.45. The van der Waals surface area contributed by atoms with Crippen molar-refractivity contribution >= 4 is 17.2 Å². The van der Waals surface area contributed by atoms with Crippen molar-refractivity contribution in [3.8, 4) is 16.3 Å². The number of nitrogens with zero attached hydrogens (tertiary/aromatic N) is 2. The van der Waals surface area contributed by atoms with Gasteiger partial charge >= 0.3 is 0 Å². The molecule has 1 amide bonds. The lowest BCUT2D eigenvalue weighted by Gasteiger charge is -2.15. The lowest BCUT2D eigenvalue weighted by atomic mass is 10.2. The highest BCUT2D eigenvalue weighted by Gasteiger charge is 2.30. The molecular weight excluding hydrogens is 358 g/mol. The number of amides is 1. The molecule has 5 nitrogen and oxygen atoms in total. The molecule has 4 rings (SSSR count). The standard InChI is InChI=1S/C21H27N3O2S/c1-14(2)26-18-7-5-16(6-8-18)21-23-19(13-27-21)20(25)22-17-9-10-24(12-17)11-15-3-4-15/h5-8,13-15,17H,3-4,9-12H2,1-2H3,(H,22,25). The molecule has 2 aliphatic rings. The predicted octanol–water partition coefficient (Wildman–Crippen LogP) is 3.81. The van der Waals surface area contributed by atoms with Crippen LogP contribution in [0.2, 0.25) is 0 Å². The van der Waals surface area contributed by atoms with Crippen LogP contribution in [-0.4, -0.2) is 47.6 Å². The maximum atomic E-state index is 12.6. The topological polar surface area (TPSA) is 54.5 Å². The maximum Gasteiger partial charge on any atom is 0.271 e. The number of nitrogens with one attached hydrogen (secondary N) is 1. The third-order valence-corrected chi connectivity index (χ3v) is 5.92. The lowest BCUT2D eigenvalue weighted by molar-refractivity contribution is 0.0933. The average molecular weight is 386 g/mol. The minimum Gasteiger partial charge on any atom is -0.491 e.